The van der Waals surface area contributed by atoms with Gasteiger partial charge in [-0.1, -0.05) is 58.5 Å². The minimum atomic E-state index is -0.00463. The van der Waals surface area contributed by atoms with Crippen molar-refractivity contribution in [1.29, 1.82) is 0 Å². The number of alkyl halides is 1. The summed E-state index contributed by atoms with van der Waals surface area (Å²) in [7, 11) is 3.20. The summed E-state index contributed by atoms with van der Waals surface area (Å²) >= 11 is 30.2. The molecule has 2 saturated heterocycles. The second kappa shape index (κ2) is 22.4. The third-order valence-electron chi connectivity index (χ3n) is 10.5. The highest BCUT2D eigenvalue weighted by Crippen LogP contribution is 2.32. The molecule has 0 spiro atoms. The molecule has 0 unspecified atom stereocenters. The third kappa shape index (κ3) is 11.9. The molecule has 332 valence electrons. The van der Waals surface area contributed by atoms with Gasteiger partial charge >= 0.3 is 0 Å². The summed E-state index contributed by atoms with van der Waals surface area (Å²) in [6.45, 7) is 9.56. The van der Waals surface area contributed by atoms with Crippen molar-refractivity contribution in [3.05, 3.63) is 117 Å². The Hall–Kier alpha value is -5.25. The molecule has 2 aliphatic rings. The Labute approximate surface area is 391 Å². The van der Waals surface area contributed by atoms with Crippen molar-refractivity contribution >= 4 is 81.2 Å². The van der Waals surface area contributed by atoms with E-state index in [2.05, 4.69) is 35.1 Å². The van der Waals surface area contributed by atoms with E-state index >= 15 is 0 Å². The van der Waals surface area contributed by atoms with Crippen LogP contribution in [-0.2, 0) is 16.1 Å². The minimum Gasteiger partial charge on any atom is -0.495 e. The number of ether oxygens (including phenoxy) is 2. The largest absolute Gasteiger partial charge is 0.495 e. The number of halogens is 5. The number of hydrogen-bond acceptors (Lipinski definition) is 10. The van der Waals surface area contributed by atoms with Gasteiger partial charge in [0.05, 0.1) is 57.1 Å². The first-order valence-corrected chi connectivity index (χ1v) is 22.0. The zero-order valence-electron chi connectivity index (χ0n) is 35.2. The Morgan fingerprint density at radius 2 is 1.14 bits per heavy atom. The Morgan fingerprint density at radius 3 is 1.57 bits per heavy atom. The van der Waals surface area contributed by atoms with Crippen LogP contribution in [0.15, 0.2) is 85.2 Å². The Bertz CT molecular complexity index is 2460. The van der Waals surface area contributed by atoms with Crippen LogP contribution in [0.25, 0.3) is 22.8 Å². The predicted molar refractivity (Wildman–Crippen MR) is 251 cm³/mol. The summed E-state index contributed by atoms with van der Waals surface area (Å²) in [6.07, 6.45) is 3.41. The number of carbonyl (C=O) groups excluding carboxylic acids is 2. The van der Waals surface area contributed by atoms with Gasteiger partial charge in [0, 0.05) is 88.3 Å². The van der Waals surface area contributed by atoms with Gasteiger partial charge < -0.3 is 29.1 Å². The molecular weight excluding hydrogens is 910 g/mol. The fraction of sp³-hybridized carbons (Fsp3) is 0.318. The number of aromatic amines is 1. The predicted octanol–water partition coefficient (Wildman–Crippen LogP) is 8.59. The molecule has 2 aromatic carbocycles. The van der Waals surface area contributed by atoms with Gasteiger partial charge in [-0.15, -0.1) is 11.6 Å². The maximum atomic E-state index is 12.9. The molecule has 63 heavy (non-hydrogen) atoms. The maximum Gasteiger partial charge on any atom is 0.244 e. The van der Waals surface area contributed by atoms with Gasteiger partial charge in [0.15, 0.2) is 0 Å². The topological polar surface area (TPSA) is 138 Å². The van der Waals surface area contributed by atoms with Crippen molar-refractivity contribution in [1.82, 2.24) is 39.7 Å². The number of piperazine rings is 2. The number of amides is 2. The summed E-state index contributed by atoms with van der Waals surface area (Å²) < 4.78 is 12.2. The number of anilines is 2. The molecule has 0 radical (unpaired) electrons. The number of nitrogens with zero attached hydrogens (tertiary/aromatic N) is 9. The van der Waals surface area contributed by atoms with Gasteiger partial charge in [0.2, 0.25) is 11.8 Å². The van der Waals surface area contributed by atoms with Gasteiger partial charge in [0.25, 0.3) is 0 Å². The van der Waals surface area contributed by atoms with Crippen molar-refractivity contribution in [3.8, 4) is 34.3 Å². The molecule has 2 amide bonds. The van der Waals surface area contributed by atoms with Crippen molar-refractivity contribution in [2.75, 3.05) is 82.3 Å². The number of H-pyrrole nitrogens is 1. The van der Waals surface area contributed by atoms with E-state index in [9.17, 15) is 9.59 Å². The van der Waals surface area contributed by atoms with Crippen LogP contribution in [0.5, 0.6) is 11.5 Å². The highest BCUT2D eigenvalue weighted by atomic mass is 35.5. The van der Waals surface area contributed by atoms with E-state index in [1.54, 1.807) is 36.2 Å². The summed E-state index contributed by atoms with van der Waals surface area (Å²) in [6, 6.07) is 22.6. The Morgan fingerprint density at radius 1 is 0.651 bits per heavy atom. The average molecular weight is 957 g/mol. The molecule has 0 atom stereocenters. The number of rotatable bonds is 9. The van der Waals surface area contributed by atoms with E-state index in [4.69, 9.17) is 67.5 Å². The summed E-state index contributed by atoms with van der Waals surface area (Å²) in [4.78, 5) is 40.9. The van der Waals surface area contributed by atoms with E-state index in [0.29, 0.717) is 74.9 Å². The standard InChI is InChI=1S/C22H23Cl2N5O2.C13H16Cl2N2O2.C9H8ClN3/c1-15-21(24)22(18-5-3-4-8-25-18)26-29(15)14-20(30)28-11-9-27(10-12-28)16-6-7-17(23)19(13-16)31-2;1-19-12-8-10(2-3-11(12)15)16-4-6-17(7-5-16)13(18)9-14;1-6-8(10)9(13-12-6)7-4-2-3-5-11-7/h3-8,13H,9-12,14H2,1-2H3;2-3,8H,4-7,9H2,1H3;2-5H,1H3,(H,12,13). The molecule has 0 bridgehead atoms. The summed E-state index contributed by atoms with van der Waals surface area (Å²) in [5.41, 5.74) is 6.48. The molecule has 2 aliphatic heterocycles. The van der Waals surface area contributed by atoms with E-state index in [1.165, 1.54) is 0 Å². The molecule has 0 saturated carbocycles. The van der Waals surface area contributed by atoms with E-state index in [-0.39, 0.29) is 24.2 Å². The minimum absolute atomic E-state index is 0.00463. The molecule has 19 heteroatoms. The average Bonchev–Trinajstić information content (AvgIpc) is 3.81. The SMILES string of the molecule is COc1cc(N2CCN(C(=O)CCl)CC2)ccc1Cl.COc1cc(N2CCN(C(=O)Cn3nc(-c4ccccn4)c(Cl)c3C)CC2)ccc1Cl.Cc1[nH]nc(-c2ccccn2)c1Cl. The van der Waals surface area contributed by atoms with E-state index in [1.807, 2.05) is 91.5 Å². The third-order valence-corrected chi connectivity index (χ3v) is 12.3. The van der Waals surface area contributed by atoms with Crippen molar-refractivity contribution in [2.45, 2.75) is 20.4 Å². The second-order valence-electron chi connectivity index (χ2n) is 14.4. The molecule has 1 N–H and O–H groups in total. The van der Waals surface area contributed by atoms with Crippen molar-refractivity contribution < 1.29 is 19.1 Å². The molecule has 6 heterocycles. The zero-order valence-corrected chi connectivity index (χ0v) is 39.0. The lowest BCUT2D eigenvalue weighted by Gasteiger charge is -2.36. The van der Waals surface area contributed by atoms with Gasteiger partial charge in [-0.05, 0) is 62.4 Å². The Kier molecular flexibility index (Phi) is 16.8. The van der Waals surface area contributed by atoms with Crippen molar-refractivity contribution in [3.63, 3.8) is 0 Å². The number of aromatic nitrogens is 6. The van der Waals surface area contributed by atoms with Crippen LogP contribution in [0.3, 0.4) is 0 Å². The Balaban J connectivity index is 0.000000175. The number of nitrogens with one attached hydrogen (secondary N) is 1. The highest BCUT2D eigenvalue weighted by molar-refractivity contribution is 6.34. The maximum absolute atomic E-state index is 12.9. The van der Waals surface area contributed by atoms with Crippen LogP contribution < -0.4 is 19.3 Å². The molecular formula is C44H47Cl5N10O4. The molecule has 8 rings (SSSR count). The van der Waals surface area contributed by atoms with Crippen LogP contribution >= 0.6 is 58.0 Å². The molecule has 6 aromatic rings. The number of carbonyl (C=O) groups is 2. The van der Waals surface area contributed by atoms with E-state index < -0.39 is 0 Å². The fourth-order valence-corrected chi connectivity index (χ4v) is 7.84. The van der Waals surface area contributed by atoms with Crippen LogP contribution in [0.2, 0.25) is 20.1 Å². The van der Waals surface area contributed by atoms with E-state index in [0.717, 1.165) is 54.6 Å². The van der Waals surface area contributed by atoms with Gasteiger partial charge in [0.1, 0.15) is 35.3 Å². The highest BCUT2D eigenvalue weighted by Gasteiger charge is 2.25. The number of benzene rings is 2. The lowest BCUT2D eigenvalue weighted by molar-refractivity contribution is -0.132. The lowest BCUT2D eigenvalue weighted by atomic mass is 10.2. The fourth-order valence-electron chi connectivity index (χ4n) is 6.86. The van der Waals surface area contributed by atoms with Gasteiger partial charge in [-0.25, -0.2) is 0 Å². The number of hydrogen-bond donors (Lipinski definition) is 1. The summed E-state index contributed by atoms with van der Waals surface area (Å²) in [5, 5.41) is 13.8. The second-order valence-corrected chi connectivity index (χ2v) is 16.2. The first-order chi connectivity index (χ1) is 30.4. The lowest BCUT2D eigenvalue weighted by Crippen LogP contribution is -2.49. The van der Waals surface area contributed by atoms with Crippen LogP contribution in [-0.4, -0.2) is 124 Å². The van der Waals surface area contributed by atoms with Gasteiger partial charge in [-0.2, -0.15) is 10.2 Å². The van der Waals surface area contributed by atoms with Crippen LogP contribution in [0, 0.1) is 13.8 Å². The normalized spacial score (nSPS) is 13.7. The molecule has 2 fully saturated rings. The van der Waals surface area contributed by atoms with Crippen LogP contribution in [0.4, 0.5) is 11.4 Å². The number of aryl methyl sites for hydroxylation is 1. The number of methoxy groups -OCH3 is 2. The summed E-state index contributed by atoms with van der Waals surface area (Å²) in [5.74, 6) is 1.37. The molecule has 4 aromatic heterocycles. The first-order valence-electron chi connectivity index (χ1n) is 20.0. The van der Waals surface area contributed by atoms with Gasteiger partial charge in [-0.3, -0.25) is 29.3 Å². The van der Waals surface area contributed by atoms with Crippen LogP contribution in [0.1, 0.15) is 11.4 Å². The molecule has 14 nitrogen and oxygen atoms in total. The quantitative estimate of drug-likeness (QED) is 0.140. The molecule has 0 aliphatic carbocycles. The van der Waals surface area contributed by atoms with Crippen molar-refractivity contribution in [2.24, 2.45) is 0 Å². The number of pyridine rings is 2. The monoisotopic (exact) mass is 954 g/mol. The zero-order chi connectivity index (χ0) is 45.0. The first kappa shape index (κ1) is 47.2. The smallest absolute Gasteiger partial charge is 0.244 e.